The average molecular weight is 218 g/mol. The van der Waals surface area contributed by atoms with Crippen LogP contribution in [-0.2, 0) is 0 Å². The van der Waals surface area contributed by atoms with Gasteiger partial charge in [-0.3, -0.25) is 14.3 Å². The van der Waals surface area contributed by atoms with Crippen LogP contribution in [-0.4, -0.2) is 22.6 Å². The lowest BCUT2D eigenvalue weighted by atomic mass is 10.2. The Balaban J connectivity index is 0.000000980. The highest BCUT2D eigenvalue weighted by Crippen LogP contribution is 2.10. The van der Waals surface area contributed by atoms with Crippen LogP contribution in [0.25, 0.3) is 0 Å². The molecule has 1 unspecified atom stereocenters. The van der Waals surface area contributed by atoms with Gasteiger partial charge in [-0.2, -0.15) is 0 Å². The first-order chi connectivity index (χ1) is 6.27. The number of aromatic amines is 1. The van der Waals surface area contributed by atoms with E-state index < -0.39 is 0 Å². The van der Waals surface area contributed by atoms with E-state index in [0.717, 1.165) is 19.5 Å². The van der Waals surface area contributed by atoms with Crippen molar-refractivity contribution in [2.75, 3.05) is 13.1 Å². The van der Waals surface area contributed by atoms with Crippen molar-refractivity contribution in [3.63, 3.8) is 0 Å². The largest absolute Gasteiger partial charge is 0.328 e. The van der Waals surface area contributed by atoms with Crippen molar-refractivity contribution in [2.45, 2.75) is 12.5 Å². The van der Waals surface area contributed by atoms with E-state index >= 15 is 0 Å². The fourth-order valence-corrected chi connectivity index (χ4v) is 1.59. The van der Waals surface area contributed by atoms with Crippen LogP contribution in [0.1, 0.15) is 12.5 Å². The number of halogens is 1. The fraction of sp³-hybridized carbons (Fsp3) is 0.500. The molecule has 1 saturated heterocycles. The van der Waals surface area contributed by atoms with Crippen LogP contribution in [0.5, 0.6) is 0 Å². The second-order valence-electron chi connectivity index (χ2n) is 3.16. The SMILES string of the molecule is Cl.O=c1ccn(C2CCNC2)c(=O)[nH]1. The van der Waals surface area contributed by atoms with Crippen LogP contribution in [0, 0.1) is 0 Å². The van der Waals surface area contributed by atoms with E-state index in [2.05, 4.69) is 10.3 Å². The van der Waals surface area contributed by atoms with Gasteiger partial charge in [-0.25, -0.2) is 4.79 Å². The van der Waals surface area contributed by atoms with Crippen LogP contribution in [0.3, 0.4) is 0 Å². The van der Waals surface area contributed by atoms with Gasteiger partial charge >= 0.3 is 5.69 Å². The van der Waals surface area contributed by atoms with Crippen LogP contribution < -0.4 is 16.6 Å². The molecule has 0 spiro atoms. The Morgan fingerprint density at radius 1 is 1.43 bits per heavy atom. The molecule has 0 bridgehead atoms. The smallest absolute Gasteiger partial charge is 0.315 e. The van der Waals surface area contributed by atoms with E-state index in [9.17, 15) is 9.59 Å². The Labute approximate surface area is 86.6 Å². The summed E-state index contributed by atoms with van der Waals surface area (Å²) >= 11 is 0. The van der Waals surface area contributed by atoms with Crippen molar-refractivity contribution in [2.24, 2.45) is 0 Å². The molecular weight excluding hydrogens is 206 g/mol. The molecule has 78 valence electrons. The molecule has 1 aromatic heterocycles. The Hall–Kier alpha value is -1.07. The van der Waals surface area contributed by atoms with Gasteiger partial charge in [0.2, 0.25) is 0 Å². The Kier molecular flexibility index (Phi) is 3.49. The second-order valence-corrected chi connectivity index (χ2v) is 3.16. The zero-order chi connectivity index (χ0) is 9.26. The van der Waals surface area contributed by atoms with E-state index in [1.54, 1.807) is 10.8 Å². The highest BCUT2D eigenvalue weighted by atomic mass is 35.5. The van der Waals surface area contributed by atoms with Crippen molar-refractivity contribution in [3.8, 4) is 0 Å². The van der Waals surface area contributed by atoms with E-state index in [0.29, 0.717) is 0 Å². The molecule has 0 aliphatic carbocycles. The molecule has 1 atom stereocenters. The molecule has 2 heterocycles. The highest BCUT2D eigenvalue weighted by molar-refractivity contribution is 5.85. The summed E-state index contributed by atoms with van der Waals surface area (Å²) in [5, 5.41) is 3.16. The lowest BCUT2D eigenvalue weighted by molar-refractivity contribution is 0.516. The molecule has 1 aromatic rings. The van der Waals surface area contributed by atoms with E-state index in [4.69, 9.17) is 0 Å². The molecule has 0 saturated carbocycles. The summed E-state index contributed by atoms with van der Waals surface area (Å²) in [5.74, 6) is 0. The van der Waals surface area contributed by atoms with Gasteiger partial charge in [0, 0.05) is 18.8 Å². The summed E-state index contributed by atoms with van der Waals surface area (Å²) in [5.41, 5.74) is -0.659. The second kappa shape index (κ2) is 4.43. The summed E-state index contributed by atoms with van der Waals surface area (Å²) in [6.07, 6.45) is 2.49. The maximum atomic E-state index is 11.3. The lowest BCUT2D eigenvalue weighted by Crippen LogP contribution is -2.32. The zero-order valence-electron chi connectivity index (χ0n) is 7.53. The van der Waals surface area contributed by atoms with Crippen molar-refractivity contribution < 1.29 is 0 Å². The van der Waals surface area contributed by atoms with Crippen molar-refractivity contribution >= 4 is 12.4 Å². The lowest BCUT2D eigenvalue weighted by Gasteiger charge is -2.10. The first kappa shape index (κ1) is 11.0. The Morgan fingerprint density at radius 2 is 2.21 bits per heavy atom. The predicted octanol–water partition coefficient (Wildman–Crippen LogP) is -0.507. The summed E-state index contributed by atoms with van der Waals surface area (Å²) in [6.45, 7) is 1.72. The third-order valence-corrected chi connectivity index (χ3v) is 2.28. The highest BCUT2D eigenvalue weighted by Gasteiger charge is 2.16. The first-order valence-electron chi connectivity index (χ1n) is 4.29. The fourth-order valence-electron chi connectivity index (χ4n) is 1.59. The quantitative estimate of drug-likeness (QED) is 0.666. The molecule has 6 heteroatoms. The van der Waals surface area contributed by atoms with Gasteiger partial charge in [-0.05, 0) is 13.0 Å². The minimum atomic E-state index is -0.341. The normalized spacial score (nSPS) is 20.4. The number of nitrogens with one attached hydrogen (secondary N) is 2. The summed E-state index contributed by atoms with van der Waals surface area (Å²) in [6, 6.07) is 1.56. The minimum absolute atomic E-state index is 0. The summed E-state index contributed by atoms with van der Waals surface area (Å²) in [4.78, 5) is 24.3. The van der Waals surface area contributed by atoms with Crippen LogP contribution >= 0.6 is 12.4 Å². The maximum Gasteiger partial charge on any atom is 0.328 e. The topological polar surface area (TPSA) is 66.9 Å². The van der Waals surface area contributed by atoms with E-state index in [1.165, 1.54) is 6.07 Å². The molecular formula is C8H12ClN3O2. The maximum absolute atomic E-state index is 11.3. The molecule has 0 radical (unpaired) electrons. The minimum Gasteiger partial charge on any atom is -0.315 e. The molecule has 2 N–H and O–H groups in total. The summed E-state index contributed by atoms with van der Waals surface area (Å²) in [7, 11) is 0. The van der Waals surface area contributed by atoms with Gasteiger partial charge in [0.05, 0.1) is 6.04 Å². The number of nitrogens with zero attached hydrogens (tertiary/aromatic N) is 1. The van der Waals surface area contributed by atoms with Gasteiger partial charge in [-0.15, -0.1) is 12.4 Å². The van der Waals surface area contributed by atoms with Crippen LogP contribution in [0.2, 0.25) is 0 Å². The molecule has 14 heavy (non-hydrogen) atoms. The molecule has 1 aliphatic rings. The van der Waals surface area contributed by atoms with Gasteiger partial charge < -0.3 is 5.32 Å². The third kappa shape index (κ3) is 2.05. The summed E-state index contributed by atoms with van der Waals surface area (Å²) < 4.78 is 1.57. The van der Waals surface area contributed by atoms with Crippen molar-refractivity contribution in [1.29, 1.82) is 0 Å². The number of rotatable bonds is 1. The van der Waals surface area contributed by atoms with Crippen molar-refractivity contribution in [3.05, 3.63) is 33.1 Å². The average Bonchev–Trinajstić information content (AvgIpc) is 2.56. The molecule has 0 amide bonds. The monoisotopic (exact) mass is 217 g/mol. The van der Waals surface area contributed by atoms with Gasteiger partial charge in [-0.1, -0.05) is 0 Å². The van der Waals surface area contributed by atoms with Crippen LogP contribution in [0.15, 0.2) is 21.9 Å². The Bertz CT molecular complexity index is 406. The molecule has 1 fully saturated rings. The van der Waals surface area contributed by atoms with E-state index in [1.807, 2.05) is 0 Å². The predicted molar refractivity (Wildman–Crippen MR) is 55.1 cm³/mol. The number of H-pyrrole nitrogens is 1. The molecule has 2 rings (SSSR count). The standard InChI is InChI=1S/C8H11N3O2.ClH/c12-7-2-4-11(8(13)10-7)6-1-3-9-5-6;/h2,4,6,9H,1,3,5H2,(H,10,12,13);1H. The van der Waals surface area contributed by atoms with Crippen LogP contribution in [0.4, 0.5) is 0 Å². The molecule has 5 nitrogen and oxygen atoms in total. The number of hydrogen-bond donors (Lipinski definition) is 2. The van der Waals surface area contributed by atoms with Gasteiger partial charge in [0.15, 0.2) is 0 Å². The van der Waals surface area contributed by atoms with Gasteiger partial charge in [0.1, 0.15) is 0 Å². The zero-order valence-corrected chi connectivity index (χ0v) is 8.34. The number of aromatic nitrogens is 2. The van der Waals surface area contributed by atoms with Gasteiger partial charge in [0.25, 0.3) is 5.56 Å². The van der Waals surface area contributed by atoms with Crippen molar-refractivity contribution in [1.82, 2.24) is 14.9 Å². The Morgan fingerprint density at radius 3 is 2.79 bits per heavy atom. The number of hydrogen-bond acceptors (Lipinski definition) is 3. The van der Waals surface area contributed by atoms with E-state index in [-0.39, 0.29) is 29.7 Å². The first-order valence-corrected chi connectivity index (χ1v) is 4.29. The third-order valence-electron chi connectivity index (χ3n) is 2.28. The molecule has 1 aliphatic heterocycles. The molecule has 0 aromatic carbocycles.